The fraction of sp³-hybridized carbons (Fsp3) is 0.389. The molecule has 1 aromatic carbocycles. The highest BCUT2D eigenvalue weighted by molar-refractivity contribution is 5.39. The van der Waals surface area contributed by atoms with Gasteiger partial charge < -0.3 is 10.6 Å². The summed E-state index contributed by atoms with van der Waals surface area (Å²) < 4.78 is 0. The van der Waals surface area contributed by atoms with E-state index in [9.17, 15) is 0 Å². The molecule has 3 nitrogen and oxygen atoms in total. The summed E-state index contributed by atoms with van der Waals surface area (Å²) >= 11 is 0. The van der Waals surface area contributed by atoms with E-state index in [0.717, 1.165) is 13.1 Å². The lowest BCUT2D eigenvalue weighted by Gasteiger charge is -2.24. The van der Waals surface area contributed by atoms with Crippen LogP contribution in [0.15, 0.2) is 36.7 Å². The number of benzene rings is 1. The van der Waals surface area contributed by atoms with Crippen LogP contribution in [0.5, 0.6) is 0 Å². The summed E-state index contributed by atoms with van der Waals surface area (Å²) in [5, 5.41) is 0. The molecule has 0 aliphatic rings. The van der Waals surface area contributed by atoms with E-state index in [1.165, 1.54) is 27.8 Å². The summed E-state index contributed by atoms with van der Waals surface area (Å²) in [4.78, 5) is 6.41. The number of likely N-dealkylation sites (N-methyl/N-ethyl adjacent to an activating group) is 1. The minimum absolute atomic E-state index is 0.0345. The van der Waals surface area contributed by atoms with Gasteiger partial charge in [-0.25, -0.2) is 0 Å². The Morgan fingerprint density at radius 1 is 1.19 bits per heavy atom. The fourth-order valence-electron chi connectivity index (χ4n) is 3.07. The van der Waals surface area contributed by atoms with Gasteiger partial charge in [-0.3, -0.25) is 4.98 Å². The van der Waals surface area contributed by atoms with E-state index in [1.807, 2.05) is 12.3 Å². The van der Waals surface area contributed by atoms with Crippen LogP contribution in [0.1, 0.15) is 33.9 Å². The second-order valence-electron chi connectivity index (χ2n) is 5.98. The predicted octanol–water partition coefficient (Wildman–Crippen LogP) is 3.14. The Balaban J connectivity index is 2.06. The zero-order valence-electron chi connectivity index (χ0n) is 13.4. The molecule has 0 radical (unpaired) electrons. The number of hydrogen-bond donors (Lipinski definition) is 1. The van der Waals surface area contributed by atoms with E-state index < -0.39 is 0 Å². The van der Waals surface area contributed by atoms with E-state index in [0.29, 0.717) is 0 Å². The normalized spacial score (nSPS) is 12.7. The van der Waals surface area contributed by atoms with Crippen molar-refractivity contribution in [3.05, 3.63) is 64.5 Å². The topological polar surface area (TPSA) is 42.1 Å². The predicted molar refractivity (Wildman–Crippen MR) is 88.2 cm³/mol. The molecule has 0 saturated heterocycles. The first kappa shape index (κ1) is 15.7. The van der Waals surface area contributed by atoms with Gasteiger partial charge in [0.2, 0.25) is 0 Å². The number of rotatable bonds is 5. The van der Waals surface area contributed by atoms with Crippen LogP contribution in [0.25, 0.3) is 0 Å². The molecule has 1 aromatic heterocycles. The van der Waals surface area contributed by atoms with E-state index >= 15 is 0 Å². The van der Waals surface area contributed by atoms with Gasteiger partial charge in [-0.1, -0.05) is 23.8 Å². The third kappa shape index (κ3) is 4.13. The van der Waals surface area contributed by atoms with Crippen molar-refractivity contribution in [3.63, 3.8) is 0 Å². The van der Waals surface area contributed by atoms with Gasteiger partial charge >= 0.3 is 0 Å². The van der Waals surface area contributed by atoms with Crippen LogP contribution in [0.4, 0.5) is 0 Å². The van der Waals surface area contributed by atoms with Gasteiger partial charge in [-0.05, 0) is 56.1 Å². The lowest BCUT2D eigenvalue weighted by Crippen LogP contribution is -2.29. The minimum Gasteiger partial charge on any atom is -0.323 e. The third-order valence-corrected chi connectivity index (χ3v) is 3.79. The molecule has 0 aliphatic heterocycles. The van der Waals surface area contributed by atoms with Gasteiger partial charge in [0.25, 0.3) is 0 Å². The Kier molecular flexibility index (Phi) is 5.10. The van der Waals surface area contributed by atoms with Gasteiger partial charge in [0.1, 0.15) is 0 Å². The second kappa shape index (κ2) is 6.83. The minimum atomic E-state index is 0.0345. The van der Waals surface area contributed by atoms with Crippen molar-refractivity contribution in [2.45, 2.75) is 33.4 Å². The second-order valence-corrected chi connectivity index (χ2v) is 5.98. The number of nitrogens with zero attached hydrogens (tertiary/aromatic N) is 2. The van der Waals surface area contributed by atoms with Crippen molar-refractivity contribution in [1.29, 1.82) is 0 Å². The van der Waals surface area contributed by atoms with Crippen LogP contribution < -0.4 is 5.73 Å². The fourth-order valence-corrected chi connectivity index (χ4v) is 3.07. The molecule has 0 saturated carbocycles. The Hall–Kier alpha value is -1.71. The van der Waals surface area contributed by atoms with Crippen molar-refractivity contribution in [2.75, 3.05) is 13.6 Å². The van der Waals surface area contributed by atoms with Crippen molar-refractivity contribution in [3.8, 4) is 0 Å². The number of hydrogen-bond acceptors (Lipinski definition) is 3. The van der Waals surface area contributed by atoms with Crippen molar-refractivity contribution in [1.82, 2.24) is 9.88 Å². The first-order valence-corrected chi connectivity index (χ1v) is 7.38. The number of aryl methyl sites for hydroxylation is 3. The molecule has 1 heterocycles. The highest BCUT2D eigenvalue weighted by Gasteiger charge is 2.14. The van der Waals surface area contributed by atoms with Gasteiger partial charge in [0.05, 0.1) is 0 Å². The lowest BCUT2D eigenvalue weighted by atomic mass is 9.94. The molecule has 0 fully saturated rings. The van der Waals surface area contributed by atoms with E-state index in [2.05, 4.69) is 55.9 Å². The number of aromatic nitrogens is 1. The van der Waals surface area contributed by atoms with Crippen LogP contribution in [-0.2, 0) is 6.54 Å². The van der Waals surface area contributed by atoms with Crippen LogP contribution >= 0.6 is 0 Å². The van der Waals surface area contributed by atoms with Crippen LogP contribution in [0, 0.1) is 20.8 Å². The molecule has 21 heavy (non-hydrogen) atoms. The Morgan fingerprint density at radius 2 is 1.86 bits per heavy atom. The standard InChI is InChI=1S/C18H25N3/c1-13-8-14(2)18(15(3)9-13)17(19)12-21(4)11-16-6-5-7-20-10-16/h5-10,17H,11-12,19H2,1-4H3. The molecule has 2 N–H and O–H groups in total. The smallest absolute Gasteiger partial charge is 0.0429 e. The molecule has 3 heteroatoms. The summed E-state index contributed by atoms with van der Waals surface area (Å²) in [6, 6.07) is 8.52. The average molecular weight is 283 g/mol. The maximum absolute atomic E-state index is 6.44. The summed E-state index contributed by atoms with van der Waals surface area (Å²) in [7, 11) is 2.10. The molecule has 2 rings (SSSR count). The van der Waals surface area contributed by atoms with Crippen molar-refractivity contribution < 1.29 is 0 Å². The average Bonchev–Trinajstić information content (AvgIpc) is 2.38. The van der Waals surface area contributed by atoms with Gasteiger partial charge in [-0.2, -0.15) is 0 Å². The third-order valence-electron chi connectivity index (χ3n) is 3.79. The molecule has 0 bridgehead atoms. The van der Waals surface area contributed by atoms with Crippen LogP contribution in [0.3, 0.4) is 0 Å². The Morgan fingerprint density at radius 3 is 2.43 bits per heavy atom. The van der Waals surface area contributed by atoms with Gasteiger partial charge in [0.15, 0.2) is 0 Å². The highest BCUT2D eigenvalue weighted by Crippen LogP contribution is 2.23. The largest absolute Gasteiger partial charge is 0.323 e. The quantitative estimate of drug-likeness (QED) is 0.916. The van der Waals surface area contributed by atoms with Crippen molar-refractivity contribution >= 4 is 0 Å². The maximum atomic E-state index is 6.44. The molecule has 1 unspecified atom stereocenters. The SMILES string of the molecule is Cc1cc(C)c(C(N)CN(C)Cc2cccnc2)c(C)c1. The molecule has 0 amide bonds. The summed E-state index contributed by atoms with van der Waals surface area (Å²) in [6.07, 6.45) is 3.71. The molecular formula is C18H25N3. The monoisotopic (exact) mass is 283 g/mol. The zero-order chi connectivity index (χ0) is 15.4. The lowest BCUT2D eigenvalue weighted by molar-refractivity contribution is 0.304. The van der Waals surface area contributed by atoms with E-state index in [1.54, 1.807) is 6.20 Å². The van der Waals surface area contributed by atoms with Crippen molar-refractivity contribution in [2.24, 2.45) is 5.73 Å². The van der Waals surface area contributed by atoms with Crippen LogP contribution in [-0.4, -0.2) is 23.5 Å². The number of nitrogens with two attached hydrogens (primary N) is 1. The number of pyridine rings is 1. The first-order chi connectivity index (χ1) is 9.97. The van der Waals surface area contributed by atoms with Gasteiger partial charge in [-0.15, -0.1) is 0 Å². The highest BCUT2D eigenvalue weighted by atomic mass is 15.1. The first-order valence-electron chi connectivity index (χ1n) is 7.38. The summed E-state index contributed by atoms with van der Waals surface area (Å²) in [5.41, 5.74) is 12.8. The summed E-state index contributed by atoms with van der Waals surface area (Å²) in [5.74, 6) is 0. The Labute approximate surface area is 127 Å². The van der Waals surface area contributed by atoms with E-state index in [-0.39, 0.29) is 6.04 Å². The van der Waals surface area contributed by atoms with Crippen LogP contribution in [0.2, 0.25) is 0 Å². The molecule has 112 valence electrons. The van der Waals surface area contributed by atoms with Gasteiger partial charge in [0, 0.05) is 31.5 Å². The molecule has 0 aliphatic carbocycles. The molecule has 1 atom stereocenters. The zero-order valence-corrected chi connectivity index (χ0v) is 13.4. The Bertz CT molecular complexity index is 570. The molecule has 0 spiro atoms. The maximum Gasteiger partial charge on any atom is 0.0429 e. The molecular weight excluding hydrogens is 258 g/mol. The molecule has 2 aromatic rings. The van der Waals surface area contributed by atoms with E-state index in [4.69, 9.17) is 5.73 Å². The summed E-state index contributed by atoms with van der Waals surface area (Å²) in [6.45, 7) is 8.13.